The smallest absolute Gasteiger partial charge is 0.126 e. The largest absolute Gasteiger partial charge is 0.388 e. The van der Waals surface area contributed by atoms with Gasteiger partial charge in [0.1, 0.15) is 6.29 Å². The average Bonchev–Trinajstić information content (AvgIpc) is 1.88. The molecule has 0 spiro atoms. The van der Waals surface area contributed by atoms with Crippen LogP contribution >= 0.6 is 0 Å². The van der Waals surface area contributed by atoms with Crippen molar-refractivity contribution in [3.05, 3.63) is 12.2 Å². The van der Waals surface area contributed by atoms with Crippen molar-refractivity contribution >= 4 is 6.29 Å². The molecule has 3 atom stereocenters. The molecule has 0 aromatic carbocycles. The van der Waals surface area contributed by atoms with Crippen LogP contribution in [0.4, 0.5) is 0 Å². The Bertz CT molecular complexity index is 151. The van der Waals surface area contributed by atoms with Crippen molar-refractivity contribution in [1.82, 2.24) is 0 Å². The van der Waals surface area contributed by atoms with Crippen molar-refractivity contribution < 1.29 is 9.90 Å². The number of aldehydes is 1. The minimum Gasteiger partial charge on any atom is -0.388 e. The van der Waals surface area contributed by atoms with E-state index in [4.69, 9.17) is 0 Å². The van der Waals surface area contributed by atoms with E-state index in [0.29, 0.717) is 0 Å². The van der Waals surface area contributed by atoms with Crippen LogP contribution in [0.3, 0.4) is 0 Å². The third-order valence-corrected chi connectivity index (χ3v) is 2.05. The fourth-order valence-corrected chi connectivity index (χ4v) is 1.27. The SMILES string of the molecule is CC1CC=CC(O)C1C=O. The van der Waals surface area contributed by atoms with Crippen LogP contribution in [0.25, 0.3) is 0 Å². The number of aliphatic hydroxyl groups excluding tert-OH is 1. The topological polar surface area (TPSA) is 37.3 Å². The van der Waals surface area contributed by atoms with Crippen molar-refractivity contribution in [2.45, 2.75) is 19.4 Å². The quantitative estimate of drug-likeness (QED) is 0.431. The van der Waals surface area contributed by atoms with Gasteiger partial charge in [0.15, 0.2) is 0 Å². The van der Waals surface area contributed by atoms with Gasteiger partial charge in [-0.05, 0) is 12.3 Å². The highest BCUT2D eigenvalue weighted by molar-refractivity contribution is 5.56. The molecule has 0 bridgehead atoms. The van der Waals surface area contributed by atoms with Crippen LogP contribution < -0.4 is 0 Å². The zero-order chi connectivity index (χ0) is 7.56. The maximum Gasteiger partial charge on any atom is 0.126 e. The number of allylic oxidation sites excluding steroid dienone is 1. The first kappa shape index (κ1) is 7.48. The van der Waals surface area contributed by atoms with E-state index in [-0.39, 0.29) is 11.8 Å². The molecular formula is C8H12O2. The van der Waals surface area contributed by atoms with E-state index in [0.717, 1.165) is 12.7 Å². The summed E-state index contributed by atoms with van der Waals surface area (Å²) in [4.78, 5) is 10.4. The second kappa shape index (κ2) is 2.97. The van der Waals surface area contributed by atoms with E-state index in [1.807, 2.05) is 13.0 Å². The van der Waals surface area contributed by atoms with E-state index in [9.17, 15) is 9.90 Å². The standard InChI is InChI=1S/C8H12O2/c1-6-3-2-4-8(10)7(6)5-9/h2,4-8,10H,3H2,1H3. The highest BCUT2D eigenvalue weighted by Gasteiger charge is 2.24. The lowest BCUT2D eigenvalue weighted by atomic mass is 9.84. The number of hydrogen-bond donors (Lipinski definition) is 1. The maximum absolute atomic E-state index is 10.4. The van der Waals surface area contributed by atoms with Crippen LogP contribution in [0.1, 0.15) is 13.3 Å². The molecule has 1 aliphatic carbocycles. The molecule has 2 nitrogen and oxygen atoms in total. The Morgan fingerprint density at radius 1 is 1.70 bits per heavy atom. The van der Waals surface area contributed by atoms with E-state index >= 15 is 0 Å². The summed E-state index contributed by atoms with van der Waals surface area (Å²) < 4.78 is 0. The molecule has 3 unspecified atom stereocenters. The summed E-state index contributed by atoms with van der Waals surface area (Å²) in [6, 6.07) is 0. The Balaban J connectivity index is 2.67. The summed E-state index contributed by atoms with van der Waals surface area (Å²) in [7, 11) is 0. The van der Waals surface area contributed by atoms with Crippen LogP contribution in [0.2, 0.25) is 0 Å². The summed E-state index contributed by atoms with van der Waals surface area (Å²) in [5.74, 6) is 0.0995. The molecule has 1 N–H and O–H groups in total. The molecule has 0 aromatic heterocycles. The highest BCUT2D eigenvalue weighted by Crippen LogP contribution is 2.23. The molecule has 0 heterocycles. The van der Waals surface area contributed by atoms with Crippen molar-refractivity contribution in [2.75, 3.05) is 0 Å². The molecule has 0 radical (unpaired) electrons. The first-order valence-corrected chi connectivity index (χ1v) is 3.55. The number of carbonyl (C=O) groups excluding carboxylic acids is 1. The summed E-state index contributed by atoms with van der Waals surface area (Å²) in [5.41, 5.74) is 0. The Morgan fingerprint density at radius 3 is 2.80 bits per heavy atom. The van der Waals surface area contributed by atoms with Gasteiger partial charge in [0.2, 0.25) is 0 Å². The first-order chi connectivity index (χ1) is 4.75. The van der Waals surface area contributed by atoms with Crippen LogP contribution in [0.5, 0.6) is 0 Å². The van der Waals surface area contributed by atoms with Crippen LogP contribution in [-0.4, -0.2) is 17.5 Å². The second-order valence-electron chi connectivity index (χ2n) is 2.85. The number of hydrogen-bond acceptors (Lipinski definition) is 2. The number of carbonyl (C=O) groups is 1. The monoisotopic (exact) mass is 140 g/mol. The molecule has 0 saturated heterocycles. The van der Waals surface area contributed by atoms with Crippen LogP contribution in [0.15, 0.2) is 12.2 Å². The van der Waals surface area contributed by atoms with Gasteiger partial charge in [0.25, 0.3) is 0 Å². The molecule has 56 valence electrons. The zero-order valence-electron chi connectivity index (χ0n) is 6.03. The molecule has 0 amide bonds. The molecule has 1 rings (SSSR count). The fraction of sp³-hybridized carbons (Fsp3) is 0.625. The Kier molecular flexibility index (Phi) is 2.22. The van der Waals surface area contributed by atoms with Gasteiger partial charge in [-0.15, -0.1) is 0 Å². The van der Waals surface area contributed by atoms with Crippen LogP contribution in [-0.2, 0) is 4.79 Å². The average molecular weight is 140 g/mol. The van der Waals surface area contributed by atoms with Gasteiger partial charge >= 0.3 is 0 Å². The minimum atomic E-state index is -0.554. The van der Waals surface area contributed by atoms with Crippen molar-refractivity contribution in [2.24, 2.45) is 11.8 Å². The molecule has 0 saturated carbocycles. The third-order valence-electron chi connectivity index (χ3n) is 2.05. The lowest BCUT2D eigenvalue weighted by molar-refractivity contribution is -0.115. The molecule has 2 heteroatoms. The van der Waals surface area contributed by atoms with Gasteiger partial charge in [-0.2, -0.15) is 0 Å². The van der Waals surface area contributed by atoms with E-state index < -0.39 is 6.10 Å². The van der Waals surface area contributed by atoms with E-state index in [2.05, 4.69) is 0 Å². The number of rotatable bonds is 1. The Hall–Kier alpha value is -0.630. The maximum atomic E-state index is 10.4. The summed E-state index contributed by atoms with van der Waals surface area (Å²) in [5, 5.41) is 9.22. The van der Waals surface area contributed by atoms with Gasteiger partial charge in [0, 0.05) is 5.92 Å². The first-order valence-electron chi connectivity index (χ1n) is 3.55. The van der Waals surface area contributed by atoms with Gasteiger partial charge in [-0.1, -0.05) is 19.1 Å². The van der Waals surface area contributed by atoms with Gasteiger partial charge in [-0.25, -0.2) is 0 Å². The zero-order valence-corrected chi connectivity index (χ0v) is 6.03. The predicted molar refractivity (Wildman–Crippen MR) is 38.5 cm³/mol. The third kappa shape index (κ3) is 1.27. The Morgan fingerprint density at radius 2 is 2.40 bits per heavy atom. The normalized spacial score (nSPS) is 39.6. The predicted octanol–water partition coefficient (Wildman–Crippen LogP) is 0.758. The molecule has 1 aliphatic rings. The molecule has 0 aliphatic heterocycles. The minimum absolute atomic E-state index is 0.190. The van der Waals surface area contributed by atoms with E-state index in [1.165, 1.54) is 0 Å². The fourth-order valence-electron chi connectivity index (χ4n) is 1.27. The second-order valence-corrected chi connectivity index (χ2v) is 2.85. The molecular weight excluding hydrogens is 128 g/mol. The number of aliphatic hydroxyl groups is 1. The van der Waals surface area contributed by atoms with E-state index in [1.54, 1.807) is 6.08 Å². The summed E-state index contributed by atoms with van der Waals surface area (Å²) in [6.45, 7) is 1.98. The van der Waals surface area contributed by atoms with Crippen molar-refractivity contribution in [3.8, 4) is 0 Å². The van der Waals surface area contributed by atoms with Crippen molar-refractivity contribution in [3.63, 3.8) is 0 Å². The lowest BCUT2D eigenvalue weighted by Crippen LogP contribution is -2.28. The lowest BCUT2D eigenvalue weighted by Gasteiger charge is -2.24. The van der Waals surface area contributed by atoms with Gasteiger partial charge in [0.05, 0.1) is 6.10 Å². The Labute approximate surface area is 60.6 Å². The van der Waals surface area contributed by atoms with Crippen LogP contribution in [0, 0.1) is 11.8 Å². The van der Waals surface area contributed by atoms with Gasteiger partial charge < -0.3 is 9.90 Å². The molecule has 0 aromatic rings. The molecule has 0 fully saturated rings. The highest BCUT2D eigenvalue weighted by atomic mass is 16.3. The van der Waals surface area contributed by atoms with Gasteiger partial charge in [-0.3, -0.25) is 0 Å². The molecule has 10 heavy (non-hydrogen) atoms. The van der Waals surface area contributed by atoms with Crippen molar-refractivity contribution in [1.29, 1.82) is 0 Å². The summed E-state index contributed by atoms with van der Waals surface area (Å²) >= 11 is 0. The summed E-state index contributed by atoms with van der Waals surface area (Å²) in [6.07, 6.45) is 4.81.